The zero-order valence-corrected chi connectivity index (χ0v) is 11.4. The van der Waals surface area contributed by atoms with Crippen LogP contribution in [0.4, 0.5) is 5.88 Å². The summed E-state index contributed by atoms with van der Waals surface area (Å²) in [5, 5.41) is 11.1. The van der Waals surface area contributed by atoms with Crippen LogP contribution in [0, 0.1) is 10.1 Å². The van der Waals surface area contributed by atoms with E-state index in [1.165, 1.54) is 0 Å². The zero-order chi connectivity index (χ0) is 14.7. The van der Waals surface area contributed by atoms with Gasteiger partial charge < -0.3 is 9.15 Å². The summed E-state index contributed by atoms with van der Waals surface area (Å²) in [6.07, 6.45) is 0. The normalized spacial score (nSPS) is 10.3. The fraction of sp³-hybridized carbons (Fsp3) is 0.0833. The minimum Gasteiger partial charge on any atom is -0.455 e. The number of esters is 1. The Morgan fingerprint density at radius 2 is 1.90 bits per heavy atom. The van der Waals surface area contributed by atoms with E-state index in [0.29, 0.717) is 15.6 Å². The number of carbonyl (C=O) groups is 1. The number of furan rings is 1. The Labute approximate surface area is 123 Å². The Morgan fingerprint density at radius 3 is 2.45 bits per heavy atom. The van der Waals surface area contributed by atoms with Crippen molar-refractivity contribution in [3.8, 4) is 0 Å². The molecule has 0 atom stereocenters. The van der Waals surface area contributed by atoms with Crippen molar-refractivity contribution in [2.24, 2.45) is 0 Å². The molecule has 0 amide bonds. The molecule has 6 nitrogen and oxygen atoms in total. The molecule has 0 bridgehead atoms. The quantitative estimate of drug-likeness (QED) is 0.486. The topological polar surface area (TPSA) is 82.6 Å². The van der Waals surface area contributed by atoms with Crippen molar-refractivity contribution in [1.29, 1.82) is 0 Å². The van der Waals surface area contributed by atoms with Gasteiger partial charge in [-0.05, 0) is 18.2 Å². The lowest BCUT2D eigenvalue weighted by molar-refractivity contribution is -0.402. The highest BCUT2D eigenvalue weighted by Gasteiger charge is 2.19. The standard InChI is InChI=1S/C12H7Cl2NO5/c13-8-2-1-3-9(14)7(8)6-19-12(16)10-4-5-11(20-10)15(17)18/h1-5H,6H2. The highest BCUT2D eigenvalue weighted by Crippen LogP contribution is 2.25. The first-order valence-electron chi connectivity index (χ1n) is 5.33. The molecule has 0 aliphatic rings. The lowest BCUT2D eigenvalue weighted by Crippen LogP contribution is -2.04. The molecule has 8 heteroatoms. The van der Waals surface area contributed by atoms with Crippen LogP contribution in [0.5, 0.6) is 0 Å². The smallest absolute Gasteiger partial charge is 0.433 e. The van der Waals surface area contributed by atoms with E-state index >= 15 is 0 Å². The molecular weight excluding hydrogens is 309 g/mol. The predicted molar refractivity (Wildman–Crippen MR) is 70.9 cm³/mol. The van der Waals surface area contributed by atoms with Crippen LogP contribution in [0.2, 0.25) is 10.0 Å². The summed E-state index contributed by atoms with van der Waals surface area (Å²) in [4.78, 5) is 21.3. The van der Waals surface area contributed by atoms with Gasteiger partial charge in [0.05, 0.1) is 6.07 Å². The molecule has 0 saturated carbocycles. The third kappa shape index (κ3) is 3.09. The van der Waals surface area contributed by atoms with Crippen LogP contribution in [0.3, 0.4) is 0 Å². The number of hydrogen-bond donors (Lipinski definition) is 0. The number of nitrogens with zero attached hydrogens (tertiary/aromatic N) is 1. The van der Waals surface area contributed by atoms with Crippen LogP contribution in [0.15, 0.2) is 34.7 Å². The fourth-order valence-corrected chi connectivity index (χ4v) is 1.92. The molecular formula is C12H7Cl2NO5. The molecule has 0 aliphatic heterocycles. The third-order valence-electron chi connectivity index (χ3n) is 2.38. The SMILES string of the molecule is O=C(OCc1c(Cl)cccc1Cl)c1ccc([N+](=O)[O-])o1. The van der Waals surface area contributed by atoms with Gasteiger partial charge in [-0.15, -0.1) is 0 Å². The lowest BCUT2D eigenvalue weighted by Gasteiger charge is -2.06. The summed E-state index contributed by atoms with van der Waals surface area (Å²) in [6.45, 7) is -0.161. The first-order valence-corrected chi connectivity index (χ1v) is 6.09. The van der Waals surface area contributed by atoms with Gasteiger partial charge in [-0.2, -0.15) is 0 Å². The van der Waals surface area contributed by atoms with Crippen LogP contribution >= 0.6 is 23.2 Å². The molecule has 1 aromatic heterocycles. The molecule has 1 heterocycles. The molecule has 0 aliphatic carbocycles. The van der Waals surface area contributed by atoms with Gasteiger partial charge in [-0.3, -0.25) is 10.1 Å². The van der Waals surface area contributed by atoms with Crippen LogP contribution in [0.25, 0.3) is 0 Å². The van der Waals surface area contributed by atoms with E-state index in [2.05, 4.69) is 0 Å². The Hall–Kier alpha value is -2.05. The lowest BCUT2D eigenvalue weighted by atomic mass is 10.2. The van der Waals surface area contributed by atoms with Crippen LogP contribution < -0.4 is 0 Å². The molecule has 0 spiro atoms. The van der Waals surface area contributed by atoms with Crippen molar-refractivity contribution in [1.82, 2.24) is 0 Å². The number of ether oxygens (including phenoxy) is 1. The number of benzene rings is 1. The molecule has 0 fully saturated rings. The molecule has 0 N–H and O–H groups in total. The molecule has 0 saturated heterocycles. The molecule has 1 aromatic carbocycles. The van der Waals surface area contributed by atoms with Crippen molar-refractivity contribution in [3.63, 3.8) is 0 Å². The zero-order valence-electron chi connectivity index (χ0n) is 9.84. The molecule has 104 valence electrons. The number of nitro groups is 1. The predicted octanol–water partition coefficient (Wildman–Crippen LogP) is 3.85. The maximum Gasteiger partial charge on any atom is 0.433 e. The number of carbonyl (C=O) groups excluding carboxylic acids is 1. The second-order valence-electron chi connectivity index (χ2n) is 3.67. The van der Waals surface area contributed by atoms with Gasteiger partial charge >= 0.3 is 11.9 Å². The van der Waals surface area contributed by atoms with Gasteiger partial charge in [0.15, 0.2) is 0 Å². The highest BCUT2D eigenvalue weighted by atomic mass is 35.5. The summed E-state index contributed by atoms with van der Waals surface area (Å²) < 4.78 is 9.66. The Bertz CT molecular complexity index is 647. The van der Waals surface area contributed by atoms with Crippen molar-refractivity contribution >= 4 is 35.1 Å². The molecule has 20 heavy (non-hydrogen) atoms. The maximum atomic E-state index is 11.7. The highest BCUT2D eigenvalue weighted by molar-refractivity contribution is 6.35. The molecule has 2 rings (SSSR count). The van der Waals surface area contributed by atoms with E-state index in [9.17, 15) is 14.9 Å². The first kappa shape index (κ1) is 14.4. The minimum atomic E-state index is -0.839. The van der Waals surface area contributed by atoms with Gasteiger partial charge in [0.25, 0.3) is 0 Å². The van der Waals surface area contributed by atoms with Crippen LogP contribution in [0.1, 0.15) is 16.1 Å². The van der Waals surface area contributed by atoms with Gasteiger partial charge in [-0.1, -0.05) is 29.3 Å². The van der Waals surface area contributed by atoms with Gasteiger partial charge in [0.1, 0.15) is 11.5 Å². The van der Waals surface area contributed by atoms with Gasteiger partial charge in [0.2, 0.25) is 5.76 Å². The van der Waals surface area contributed by atoms with E-state index < -0.39 is 16.8 Å². The largest absolute Gasteiger partial charge is 0.455 e. The Morgan fingerprint density at radius 1 is 1.25 bits per heavy atom. The molecule has 2 aromatic rings. The minimum absolute atomic E-state index is 0.161. The molecule has 0 unspecified atom stereocenters. The van der Waals surface area contributed by atoms with Crippen molar-refractivity contribution in [3.05, 3.63) is 61.8 Å². The van der Waals surface area contributed by atoms with Gasteiger partial charge in [0, 0.05) is 15.6 Å². The van der Waals surface area contributed by atoms with Crippen LogP contribution in [-0.2, 0) is 11.3 Å². The first-order chi connectivity index (χ1) is 9.49. The van der Waals surface area contributed by atoms with E-state index in [-0.39, 0.29) is 12.4 Å². The monoisotopic (exact) mass is 315 g/mol. The second-order valence-corrected chi connectivity index (χ2v) is 4.49. The summed E-state index contributed by atoms with van der Waals surface area (Å²) in [5.41, 5.74) is 0.449. The van der Waals surface area contributed by atoms with E-state index in [4.69, 9.17) is 32.4 Å². The summed E-state index contributed by atoms with van der Waals surface area (Å²) in [7, 11) is 0. The number of rotatable bonds is 4. The Kier molecular flexibility index (Phi) is 4.26. The number of halogens is 2. The van der Waals surface area contributed by atoms with Gasteiger partial charge in [-0.25, -0.2) is 4.79 Å². The summed E-state index contributed by atoms with van der Waals surface area (Å²) in [5.74, 6) is -1.64. The maximum absolute atomic E-state index is 11.7. The average Bonchev–Trinajstić information content (AvgIpc) is 2.87. The fourth-order valence-electron chi connectivity index (χ4n) is 1.41. The van der Waals surface area contributed by atoms with E-state index in [1.54, 1.807) is 18.2 Å². The third-order valence-corrected chi connectivity index (χ3v) is 3.09. The van der Waals surface area contributed by atoms with Crippen molar-refractivity contribution in [2.45, 2.75) is 6.61 Å². The van der Waals surface area contributed by atoms with Crippen molar-refractivity contribution in [2.75, 3.05) is 0 Å². The average molecular weight is 316 g/mol. The number of hydrogen-bond acceptors (Lipinski definition) is 5. The van der Waals surface area contributed by atoms with E-state index in [0.717, 1.165) is 12.1 Å². The second kappa shape index (κ2) is 5.94. The van der Waals surface area contributed by atoms with Crippen molar-refractivity contribution < 1.29 is 18.9 Å². The van der Waals surface area contributed by atoms with E-state index in [1.807, 2.05) is 0 Å². The summed E-state index contributed by atoms with van der Waals surface area (Å²) >= 11 is 11.8. The Balaban J connectivity index is 2.07. The molecule has 0 radical (unpaired) electrons. The summed E-state index contributed by atoms with van der Waals surface area (Å²) in [6, 6.07) is 7.10. The van der Waals surface area contributed by atoms with Crippen LogP contribution in [-0.4, -0.2) is 10.9 Å².